The van der Waals surface area contributed by atoms with Crippen LogP contribution in [0.3, 0.4) is 0 Å². The van der Waals surface area contributed by atoms with Gasteiger partial charge in [0.15, 0.2) is 0 Å². The van der Waals surface area contributed by atoms with Gasteiger partial charge in [-0.05, 0) is 6.20 Å². The molecule has 0 spiro atoms. The summed E-state index contributed by atoms with van der Waals surface area (Å²) in [6.07, 6.45) is 3.77. The predicted octanol–water partition coefficient (Wildman–Crippen LogP) is -0.0735. The van der Waals surface area contributed by atoms with E-state index in [9.17, 15) is 0 Å². The minimum atomic E-state index is -2.44. The molecule has 5 nitrogen and oxygen atoms in total. The summed E-state index contributed by atoms with van der Waals surface area (Å²) in [6.45, 7) is 1.38. The van der Waals surface area contributed by atoms with Crippen molar-refractivity contribution in [3.8, 4) is 0 Å². The SMILES string of the molecule is CO[Si](CC=CNCCN)(OC)OC. The van der Waals surface area contributed by atoms with E-state index in [4.69, 9.17) is 19.0 Å². The molecular weight excluding hydrogens is 200 g/mol. The molecule has 0 radical (unpaired) electrons. The van der Waals surface area contributed by atoms with E-state index in [2.05, 4.69) is 5.32 Å². The van der Waals surface area contributed by atoms with Crippen LogP contribution in [0.5, 0.6) is 0 Å². The molecule has 0 aromatic rings. The third-order valence-corrected chi connectivity index (χ3v) is 4.43. The van der Waals surface area contributed by atoms with Crippen LogP contribution in [0.1, 0.15) is 0 Å². The van der Waals surface area contributed by atoms with Gasteiger partial charge < -0.3 is 24.3 Å². The quantitative estimate of drug-likeness (QED) is 0.443. The van der Waals surface area contributed by atoms with E-state index in [1.54, 1.807) is 21.3 Å². The van der Waals surface area contributed by atoms with Crippen molar-refractivity contribution in [3.05, 3.63) is 12.3 Å². The second-order valence-electron chi connectivity index (χ2n) is 2.64. The number of hydrogen-bond donors (Lipinski definition) is 2. The van der Waals surface area contributed by atoms with E-state index >= 15 is 0 Å². The van der Waals surface area contributed by atoms with Crippen LogP contribution in [0.2, 0.25) is 6.04 Å². The van der Waals surface area contributed by atoms with E-state index in [1.807, 2.05) is 12.3 Å². The van der Waals surface area contributed by atoms with Crippen molar-refractivity contribution in [2.75, 3.05) is 34.4 Å². The lowest BCUT2D eigenvalue weighted by Crippen LogP contribution is -2.42. The topological polar surface area (TPSA) is 65.7 Å². The van der Waals surface area contributed by atoms with Crippen molar-refractivity contribution >= 4 is 8.80 Å². The zero-order valence-electron chi connectivity index (χ0n) is 9.08. The number of nitrogens with two attached hydrogens (primary N) is 1. The normalized spacial score (nSPS) is 12.3. The Hall–Kier alpha value is -0.403. The molecule has 0 aliphatic carbocycles. The Morgan fingerprint density at radius 2 is 1.79 bits per heavy atom. The van der Waals surface area contributed by atoms with Crippen LogP contribution in [-0.2, 0) is 13.3 Å². The maximum absolute atomic E-state index is 5.31. The summed E-state index contributed by atoms with van der Waals surface area (Å²) in [5, 5.41) is 3.03. The molecule has 0 aliphatic heterocycles. The Kier molecular flexibility index (Phi) is 7.72. The highest BCUT2D eigenvalue weighted by Crippen LogP contribution is 2.12. The highest BCUT2D eigenvalue weighted by atomic mass is 28.4. The van der Waals surface area contributed by atoms with Gasteiger partial charge in [0.25, 0.3) is 0 Å². The third-order valence-electron chi connectivity index (χ3n) is 1.83. The monoisotopic (exact) mass is 220 g/mol. The van der Waals surface area contributed by atoms with E-state index in [1.165, 1.54) is 0 Å². The molecule has 0 bridgehead atoms. The Morgan fingerprint density at radius 3 is 2.21 bits per heavy atom. The Balaban J connectivity index is 3.86. The van der Waals surface area contributed by atoms with Crippen molar-refractivity contribution in [1.29, 1.82) is 0 Å². The first-order valence-electron chi connectivity index (χ1n) is 4.48. The van der Waals surface area contributed by atoms with Gasteiger partial charge in [-0.15, -0.1) is 0 Å². The molecule has 0 rings (SSSR count). The zero-order chi connectivity index (χ0) is 10.9. The molecular formula is C8H20N2O3Si. The highest BCUT2D eigenvalue weighted by Gasteiger charge is 2.35. The van der Waals surface area contributed by atoms with Crippen LogP contribution in [0, 0.1) is 0 Å². The first-order valence-corrected chi connectivity index (χ1v) is 6.41. The molecule has 0 saturated heterocycles. The van der Waals surface area contributed by atoms with E-state index in [0.29, 0.717) is 12.6 Å². The summed E-state index contributed by atoms with van der Waals surface area (Å²) >= 11 is 0. The molecule has 0 fully saturated rings. The van der Waals surface area contributed by atoms with Crippen LogP contribution < -0.4 is 11.1 Å². The molecule has 0 amide bonds. The first-order chi connectivity index (χ1) is 6.74. The van der Waals surface area contributed by atoms with Crippen LogP contribution in [-0.4, -0.2) is 43.2 Å². The van der Waals surface area contributed by atoms with Crippen LogP contribution in [0.25, 0.3) is 0 Å². The average molecular weight is 220 g/mol. The highest BCUT2D eigenvalue weighted by molar-refractivity contribution is 6.61. The minimum Gasteiger partial charge on any atom is -0.390 e. The molecule has 0 aromatic carbocycles. The summed E-state index contributed by atoms with van der Waals surface area (Å²) in [6, 6.07) is 0.647. The molecule has 0 heterocycles. The van der Waals surface area contributed by atoms with Gasteiger partial charge in [-0.25, -0.2) is 0 Å². The maximum Gasteiger partial charge on any atom is 0.504 e. The van der Waals surface area contributed by atoms with E-state index in [-0.39, 0.29) is 0 Å². The fourth-order valence-electron chi connectivity index (χ4n) is 0.953. The molecule has 0 unspecified atom stereocenters. The number of hydrogen-bond acceptors (Lipinski definition) is 5. The Morgan fingerprint density at radius 1 is 1.21 bits per heavy atom. The molecule has 0 atom stereocenters. The largest absolute Gasteiger partial charge is 0.504 e. The van der Waals surface area contributed by atoms with Gasteiger partial charge in [0.2, 0.25) is 0 Å². The third kappa shape index (κ3) is 4.73. The van der Waals surface area contributed by atoms with Gasteiger partial charge in [0.05, 0.1) is 0 Å². The van der Waals surface area contributed by atoms with Crippen molar-refractivity contribution in [3.63, 3.8) is 0 Å². The minimum absolute atomic E-state index is 0.617. The van der Waals surface area contributed by atoms with Gasteiger partial charge in [-0.3, -0.25) is 0 Å². The number of allylic oxidation sites excluding steroid dienone is 1. The smallest absolute Gasteiger partial charge is 0.390 e. The Labute approximate surface area is 86.6 Å². The van der Waals surface area contributed by atoms with Crippen LogP contribution in [0.15, 0.2) is 12.3 Å². The average Bonchev–Trinajstić information content (AvgIpc) is 2.24. The fraction of sp³-hybridized carbons (Fsp3) is 0.750. The molecule has 6 heteroatoms. The summed E-state index contributed by atoms with van der Waals surface area (Å²) in [4.78, 5) is 0. The van der Waals surface area contributed by atoms with Gasteiger partial charge >= 0.3 is 8.80 Å². The van der Waals surface area contributed by atoms with Crippen LogP contribution >= 0.6 is 0 Å². The molecule has 0 aliphatic rings. The number of rotatable bonds is 8. The lowest BCUT2D eigenvalue weighted by molar-refractivity contribution is 0.127. The van der Waals surface area contributed by atoms with Gasteiger partial charge in [-0.1, -0.05) is 6.08 Å². The van der Waals surface area contributed by atoms with Crippen molar-refractivity contribution in [2.45, 2.75) is 6.04 Å². The lowest BCUT2D eigenvalue weighted by Gasteiger charge is -2.22. The zero-order valence-corrected chi connectivity index (χ0v) is 10.1. The van der Waals surface area contributed by atoms with Gasteiger partial charge in [-0.2, -0.15) is 0 Å². The standard InChI is InChI=1S/C8H20N2O3Si/c1-11-14(12-2,13-3)8-4-6-10-7-5-9/h4,6,10H,5,7-9H2,1-3H3. The van der Waals surface area contributed by atoms with E-state index < -0.39 is 8.80 Å². The summed E-state index contributed by atoms with van der Waals surface area (Å²) < 4.78 is 15.7. The maximum atomic E-state index is 5.31. The predicted molar refractivity (Wildman–Crippen MR) is 57.8 cm³/mol. The molecule has 0 saturated carbocycles. The molecule has 3 N–H and O–H groups in total. The molecule has 0 aromatic heterocycles. The van der Waals surface area contributed by atoms with Crippen LogP contribution in [0.4, 0.5) is 0 Å². The summed E-state index contributed by atoms with van der Waals surface area (Å²) in [7, 11) is 2.36. The summed E-state index contributed by atoms with van der Waals surface area (Å²) in [5.41, 5.74) is 5.31. The Bertz CT molecular complexity index is 154. The second kappa shape index (κ2) is 7.95. The van der Waals surface area contributed by atoms with E-state index in [0.717, 1.165) is 6.54 Å². The van der Waals surface area contributed by atoms with Crippen molar-refractivity contribution in [2.24, 2.45) is 5.73 Å². The first kappa shape index (κ1) is 13.6. The van der Waals surface area contributed by atoms with Crippen molar-refractivity contribution in [1.82, 2.24) is 5.32 Å². The van der Waals surface area contributed by atoms with Gasteiger partial charge in [0.1, 0.15) is 0 Å². The summed E-state index contributed by atoms with van der Waals surface area (Å²) in [5.74, 6) is 0. The van der Waals surface area contributed by atoms with Gasteiger partial charge in [0, 0.05) is 40.5 Å². The van der Waals surface area contributed by atoms with Crippen molar-refractivity contribution < 1.29 is 13.3 Å². The fourth-order valence-corrected chi connectivity index (χ4v) is 2.36. The lowest BCUT2D eigenvalue weighted by atomic mass is 10.6. The second-order valence-corrected chi connectivity index (χ2v) is 5.64. The molecule has 14 heavy (non-hydrogen) atoms. The number of nitrogens with one attached hydrogen (secondary N) is 1. The molecule has 84 valence electrons.